The Morgan fingerprint density at radius 3 is 2.53 bits per heavy atom. The molecule has 0 amide bonds. The number of unbranched alkanes of at least 4 members (excludes halogenated alkanes) is 1. The van der Waals surface area contributed by atoms with Crippen LogP contribution in [0.4, 0.5) is 18.0 Å². The maximum atomic E-state index is 13.9. The third-order valence-electron chi connectivity index (χ3n) is 14.3. The number of allylic oxidation sites excluding steroid dienone is 6. The highest BCUT2D eigenvalue weighted by atomic mass is 19.4. The number of ether oxygens (including phenoxy) is 4. The standard InChI is InChI=1S/C48H61F3O11/c1-29(2)61-43(56)13-8-6-5-7-12-35-36(41(54)26-40(35)53)17-15-34(27-59-33-11-9-10-31(25-33)48(49,50)51)62-44(57)60-28-42(55)47(58)23-20-39-37-16-14-30-24-32(52)18-21-45(30,3)38(37)19-22-46(39,47)4/h5,7,9-11,15,17,19,24-25,29,34-37,39-41,53-54,58H,6,8,12-14,16,18,20-23,26-28H2,1-4H3/b7-5-,17-15+/t34-,35-,36-,37-,39+,40+,41-,45+,46+,47+/m1/s1. The lowest BCUT2D eigenvalue weighted by Gasteiger charge is -2.54. The van der Waals surface area contributed by atoms with Gasteiger partial charge >= 0.3 is 18.3 Å². The summed E-state index contributed by atoms with van der Waals surface area (Å²) in [7, 11) is 0. The fourth-order valence-electron chi connectivity index (χ4n) is 10.8. The zero-order valence-electron chi connectivity index (χ0n) is 36.0. The summed E-state index contributed by atoms with van der Waals surface area (Å²) in [5, 5.41) is 33.8. The maximum absolute atomic E-state index is 13.9. The van der Waals surface area contributed by atoms with Crippen molar-refractivity contribution >= 4 is 23.7 Å². The Kier molecular flexibility index (Phi) is 14.6. The molecule has 3 N–H and O–H groups in total. The fourth-order valence-corrected chi connectivity index (χ4v) is 10.8. The minimum absolute atomic E-state index is 0.00558. The van der Waals surface area contributed by atoms with Crippen molar-refractivity contribution in [3.8, 4) is 5.75 Å². The number of rotatable bonds is 16. The molecule has 0 unspecified atom stereocenters. The minimum atomic E-state index is -4.63. The number of fused-ring (bicyclic) bond motifs is 5. The molecular formula is C48H61F3O11. The zero-order valence-corrected chi connectivity index (χ0v) is 36.0. The van der Waals surface area contributed by atoms with E-state index >= 15 is 0 Å². The molecule has 0 aromatic heterocycles. The van der Waals surface area contributed by atoms with Crippen molar-refractivity contribution in [2.75, 3.05) is 13.2 Å². The van der Waals surface area contributed by atoms with Crippen molar-refractivity contribution in [2.45, 2.75) is 141 Å². The molecule has 0 bridgehead atoms. The Morgan fingerprint density at radius 2 is 1.79 bits per heavy atom. The summed E-state index contributed by atoms with van der Waals surface area (Å²) >= 11 is 0. The number of carbonyl (C=O) groups is 4. The molecule has 10 atom stereocenters. The van der Waals surface area contributed by atoms with E-state index in [0.717, 1.165) is 37.0 Å². The molecule has 0 radical (unpaired) electrons. The number of Topliss-reactive ketones (excluding diaryl/α,β-unsaturated/α-hetero) is 1. The van der Waals surface area contributed by atoms with Crippen LogP contribution in [0.2, 0.25) is 0 Å². The smallest absolute Gasteiger partial charge is 0.489 e. The molecule has 0 aliphatic heterocycles. The third-order valence-corrected chi connectivity index (χ3v) is 14.3. The van der Waals surface area contributed by atoms with Crippen molar-refractivity contribution in [1.29, 1.82) is 0 Å². The third kappa shape index (κ3) is 10.2. The van der Waals surface area contributed by atoms with Gasteiger partial charge in [-0.3, -0.25) is 14.4 Å². The molecule has 6 rings (SSSR count). The van der Waals surface area contributed by atoms with Crippen molar-refractivity contribution in [1.82, 2.24) is 0 Å². The van der Waals surface area contributed by atoms with Crippen molar-refractivity contribution in [3.63, 3.8) is 0 Å². The van der Waals surface area contributed by atoms with Gasteiger partial charge in [-0.1, -0.05) is 55.4 Å². The highest BCUT2D eigenvalue weighted by Crippen LogP contribution is 2.65. The first-order valence-electron chi connectivity index (χ1n) is 22.0. The lowest BCUT2D eigenvalue weighted by molar-refractivity contribution is -0.156. The van der Waals surface area contributed by atoms with Crippen LogP contribution in [-0.4, -0.2) is 82.2 Å². The molecule has 0 spiro atoms. The van der Waals surface area contributed by atoms with Gasteiger partial charge in [0.2, 0.25) is 5.78 Å². The fraction of sp³-hybridized carbons (Fsp3) is 0.625. The van der Waals surface area contributed by atoms with Gasteiger partial charge in [0.25, 0.3) is 0 Å². The van der Waals surface area contributed by atoms with E-state index in [4.69, 9.17) is 18.9 Å². The molecule has 62 heavy (non-hydrogen) atoms. The Morgan fingerprint density at radius 1 is 1.02 bits per heavy atom. The van der Waals surface area contributed by atoms with Crippen molar-refractivity contribution < 1.29 is 66.6 Å². The predicted molar refractivity (Wildman–Crippen MR) is 221 cm³/mol. The largest absolute Gasteiger partial charge is 0.509 e. The van der Waals surface area contributed by atoms with Gasteiger partial charge in [-0.15, -0.1) is 0 Å². The summed E-state index contributed by atoms with van der Waals surface area (Å²) in [6.07, 6.45) is 7.51. The lowest BCUT2D eigenvalue weighted by atomic mass is 9.50. The van der Waals surface area contributed by atoms with Crippen LogP contribution in [-0.2, 0) is 34.8 Å². The summed E-state index contributed by atoms with van der Waals surface area (Å²) in [4.78, 5) is 51.2. The van der Waals surface area contributed by atoms with Crippen LogP contribution in [0.5, 0.6) is 5.75 Å². The molecule has 1 aromatic rings. The minimum Gasteiger partial charge on any atom is -0.489 e. The lowest BCUT2D eigenvalue weighted by Crippen LogP contribution is -2.55. The zero-order chi connectivity index (χ0) is 45.0. The summed E-state index contributed by atoms with van der Waals surface area (Å²) in [6, 6.07) is 4.20. The summed E-state index contributed by atoms with van der Waals surface area (Å²) in [6.45, 7) is 6.43. The average Bonchev–Trinajstić information content (AvgIpc) is 3.65. The van der Waals surface area contributed by atoms with E-state index < -0.39 is 78.1 Å². The number of alkyl halides is 3. The first-order chi connectivity index (χ1) is 29.2. The van der Waals surface area contributed by atoms with Crippen LogP contribution >= 0.6 is 0 Å². The second-order valence-electron chi connectivity index (χ2n) is 18.5. The normalized spacial score (nSPS) is 32.5. The number of hydrogen-bond acceptors (Lipinski definition) is 11. The van der Waals surface area contributed by atoms with Gasteiger partial charge in [-0.05, 0) is 120 Å². The molecule has 1 aromatic carbocycles. The summed E-state index contributed by atoms with van der Waals surface area (Å²) < 4.78 is 62.0. The molecule has 3 fully saturated rings. The van der Waals surface area contributed by atoms with Gasteiger partial charge in [-0.2, -0.15) is 13.2 Å². The molecule has 0 heterocycles. The van der Waals surface area contributed by atoms with Crippen LogP contribution in [0.1, 0.15) is 110 Å². The van der Waals surface area contributed by atoms with E-state index in [-0.39, 0.29) is 60.1 Å². The average molecular weight is 871 g/mol. The van der Waals surface area contributed by atoms with E-state index in [1.165, 1.54) is 23.8 Å². The van der Waals surface area contributed by atoms with E-state index in [2.05, 4.69) is 13.0 Å². The second-order valence-corrected chi connectivity index (χ2v) is 18.5. The Bertz CT molecular complexity index is 1950. The van der Waals surface area contributed by atoms with Crippen LogP contribution in [0.25, 0.3) is 0 Å². The van der Waals surface area contributed by atoms with Crippen LogP contribution < -0.4 is 4.74 Å². The van der Waals surface area contributed by atoms with Gasteiger partial charge in [-0.25, -0.2) is 4.79 Å². The molecule has 5 aliphatic carbocycles. The molecule has 11 nitrogen and oxygen atoms in total. The number of esters is 1. The van der Waals surface area contributed by atoms with Gasteiger partial charge in [0, 0.05) is 36.0 Å². The summed E-state index contributed by atoms with van der Waals surface area (Å²) in [5.74, 6) is -1.82. The molecule has 0 saturated heterocycles. The van der Waals surface area contributed by atoms with Crippen LogP contribution in [0, 0.1) is 34.5 Å². The molecule has 3 saturated carbocycles. The predicted octanol–water partition coefficient (Wildman–Crippen LogP) is 8.34. The van der Waals surface area contributed by atoms with Crippen molar-refractivity contribution in [3.05, 3.63) is 77.4 Å². The Labute approximate surface area is 361 Å². The number of hydrogen-bond donors (Lipinski definition) is 3. The number of aliphatic hydroxyl groups is 3. The monoisotopic (exact) mass is 870 g/mol. The Balaban J connectivity index is 1.11. The SMILES string of the molecule is CC(C)OC(=O)CCC/C=C\C[C@@H]1[C@@H](/C=C/[C@H](COc2cccc(C(F)(F)F)c2)OC(=O)OCC(=O)[C@@]2(O)CC[C@H]3[C@@H]4CCC5=CC(=O)CC[C@]5(C)C4=CC[C@@]32C)[C@H](O)C[C@@H]1O. The van der Waals surface area contributed by atoms with Gasteiger partial charge in [0.1, 0.15) is 18.0 Å². The number of halogens is 3. The van der Waals surface area contributed by atoms with Gasteiger partial charge in [0.05, 0.1) is 23.9 Å². The maximum Gasteiger partial charge on any atom is 0.509 e. The topological polar surface area (TPSA) is 166 Å². The summed E-state index contributed by atoms with van der Waals surface area (Å²) in [5.41, 5.74) is -1.32. The van der Waals surface area contributed by atoms with E-state index in [1.54, 1.807) is 26.0 Å². The van der Waals surface area contributed by atoms with Gasteiger partial charge in [0.15, 0.2) is 18.5 Å². The molecule has 340 valence electrons. The second kappa shape index (κ2) is 19.2. The van der Waals surface area contributed by atoms with E-state index in [9.17, 15) is 47.7 Å². The van der Waals surface area contributed by atoms with Crippen molar-refractivity contribution in [2.24, 2.45) is 34.5 Å². The Hall–Kier alpha value is -4.27. The highest BCUT2D eigenvalue weighted by molar-refractivity contribution is 5.92. The van der Waals surface area contributed by atoms with E-state index in [0.29, 0.717) is 38.5 Å². The quantitative estimate of drug-likeness (QED) is 0.0831. The molecular weight excluding hydrogens is 810 g/mol. The first-order valence-corrected chi connectivity index (χ1v) is 22.0. The highest BCUT2D eigenvalue weighted by Gasteiger charge is 2.64. The van der Waals surface area contributed by atoms with Gasteiger partial charge < -0.3 is 34.3 Å². The van der Waals surface area contributed by atoms with Crippen LogP contribution in [0.3, 0.4) is 0 Å². The molecule has 5 aliphatic rings. The van der Waals surface area contributed by atoms with E-state index in [1.807, 2.05) is 19.1 Å². The molecule has 14 heteroatoms. The number of benzene rings is 1. The number of carbonyl (C=O) groups excluding carboxylic acids is 4. The first kappa shape index (κ1) is 47.2. The van der Waals surface area contributed by atoms with Crippen LogP contribution in [0.15, 0.2) is 71.9 Å². The number of aliphatic hydroxyl groups excluding tert-OH is 2. The number of ketones is 2.